The Balaban J connectivity index is 2.85. The molecule has 0 spiro atoms. The summed E-state index contributed by atoms with van der Waals surface area (Å²) in [7, 11) is -2.29. The lowest BCUT2D eigenvalue weighted by atomic mass is 10.1. The molecule has 1 aromatic rings. The summed E-state index contributed by atoms with van der Waals surface area (Å²) in [6.45, 7) is 3.31. The molecule has 0 heterocycles. The van der Waals surface area contributed by atoms with Crippen LogP contribution in [0.15, 0.2) is 23.1 Å². The fraction of sp³-hybridized carbons (Fsp3) is 0.538. The number of hydrogen-bond acceptors (Lipinski definition) is 4. The van der Waals surface area contributed by atoms with Crippen molar-refractivity contribution in [3.8, 4) is 0 Å². The van der Waals surface area contributed by atoms with E-state index >= 15 is 0 Å². The summed E-state index contributed by atoms with van der Waals surface area (Å²) in [5.41, 5.74) is 0.433. The molecule has 0 saturated carbocycles. The summed E-state index contributed by atoms with van der Waals surface area (Å²) in [6, 6.07) is 3.70. The standard InChI is InChI=1S/C13H21FN2O3S/c1-3-6-16-11(9-19-2)7-10-4-5-12(8-13(10)14)20(15,17)18/h4-5,8,11,16H,3,6-7,9H2,1-2H3,(H2,15,17,18). The van der Waals surface area contributed by atoms with Crippen LogP contribution in [0, 0.1) is 5.82 Å². The highest BCUT2D eigenvalue weighted by Crippen LogP contribution is 2.15. The SMILES string of the molecule is CCCNC(COC)Cc1ccc(S(N)(=O)=O)cc1F. The van der Waals surface area contributed by atoms with Crippen LogP contribution >= 0.6 is 0 Å². The lowest BCUT2D eigenvalue weighted by molar-refractivity contribution is 0.165. The second-order valence-corrected chi connectivity index (χ2v) is 6.17. The molecule has 0 saturated heterocycles. The van der Waals surface area contributed by atoms with Crippen molar-refractivity contribution in [2.75, 3.05) is 20.3 Å². The Morgan fingerprint density at radius 2 is 2.15 bits per heavy atom. The Bertz CT molecular complexity index is 534. The van der Waals surface area contributed by atoms with E-state index in [-0.39, 0.29) is 10.9 Å². The van der Waals surface area contributed by atoms with Gasteiger partial charge in [0.1, 0.15) is 5.82 Å². The molecule has 1 aromatic carbocycles. The number of hydrogen-bond donors (Lipinski definition) is 2. The van der Waals surface area contributed by atoms with E-state index in [1.54, 1.807) is 7.11 Å². The molecule has 7 heteroatoms. The molecule has 0 radical (unpaired) electrons. The quantitative estimate of drug-likeness (QED) is 0.751. The van der Waals surface area contributed by atoms with Crippen molar-refractivity contribution in [1.29, 1.82) is 0 Å². The van der Waals surface area contributed by atoms with Gasteiger partial charge in [0.05, 0.1) is 11.5 Å². The number of halogens is 1. The van der Waals surface area contributed by atoms with Crippen molar-refractivity contribution >= 4 is 10.0 Å². The zero-order valence-electron chi connectivity index (χ0n) is 11.7. The number of primary sulfonamides is 1. The van der Waals surface area contributed by atoms with Gasteiger partial charge in [-0.2, -0.15) is 0 Å². The van der Waals surface area contributed by atoms with Crippen LogP contribution in [0.3, 0.4) is 0 Å². The minimum atomic E-state index is -3.88. The van der Waals surface area contributed by atoms with Gasteiger partial charge in [-0.15, -0.1) is 0 Å². The van der Waals surface area contributed by atoms with Crippen LogP contribution in [-0.4, -0.2) is 34.7 Å². The summed E-state index contributed by atoms with van der Waals surface area (Å²) >= 11 is 0. The van der Waals surface area contributed by atoms with Crippen molar-refractivity contribution in [2.24, 2.45) is 5.14 Å². The summed E-state index contributed by atoms with van der Waals surface area (Å²) in [5, 5.41) is 8.22. The maximum atomic E-state index is 13.9. The molecule has 0 bridgehead atoms. The first-order chi connectivity index (χ1) is 9.38. The van der Waals surface area contributed by atoms with Crippen molar-refractivity contribution < 1.29 is 17.5 Å². The number of rotatable bonds is 8. The number of nitrogens with two attached hydrogens (primary N) is 1. The maximum absolute atomic E-state index is 13.9. The minimum absolute atomic E-state index is 0.0187. The van der Waals surface area contributed by atoms with Gasteiger partial charge in [0, 0.05) is 13.2 Å². The molecular formula is C13H21FN2O3S. The monoisotopic (exact) mass is 304 g/mol. The predicted octanol–water partition coefficient (Wildman–Crippen LogP) is 1.03. The molecule has 5 nitrogen and oxygen atoms in total. The Kier molecular flexibility index (Phi) is 6.54. The van der Waals surface area contributed by atoms with Crippen LogP contribution < -0.4 is 10.5 Å². The summed E-state index contributed by atoms with van der Waals surface area (Å²) in [5.74, 6) is -0.573. The lowest BCUT2D eigenvalue weighted by Crippen LogP contribution is -2.36. The Morgan fingerprint density at radius 1 is 1.45 bits per heavy atom. The first-order valence-electron chi connectivity index (χ1n) is 6.42. The van der Waals surface area contributed by atoms with E-state index in [0.29, 0.717) is 18.6 Å². The van der Waals surface area contributed by atoms with Crippen molar-refractivity contribution in [3.05, 3.63) is 29.6 Å². The van der Waals surface area contributed by atoms with E-state index in [1.807, 2.05) is 6.92 Å². The van der Waals surface area contributed by atoms with Crippen LogP contribution in [0.25, 0.3) is 0 Å². The van der Waals surface area contributed by atoms with Gasteiger partial charge in [0.25, 0.3) is 0 Å². The molecule has 0 aliphatic rings. The molecule has 1 rings (SSSR count). The number of ether oxygens (including phenoxy) is 1. The van der Waals surface area contributed by atoms with Gasteiger partial charge in [-0.25, -0.2) is 17.9 Å². The average Bonchev–Trinajstić information content (AvgIpc) is 2.37. The van der Waals surface area contributed by atoms with Gasteiger partial charge in [-0.05, 0) is 37.1 Å². The summed E-state index contributed by atoms with van der Waals surface area (Å²) in [4.78, 5) is -0.219. The fourth-order valence-electron chi connectivity index (χ4n) is 1.88. The van der Waals surface area contributed by atoms with Gasteiger partial charge in [0.2, 0.25) is 10.0 Å². The molecule has 0 fully saturated rings. The van der Waals surface area contributed by atoms with E-state index in [4.69, 9.17) is 9.88 Å². The molecule has 1 atom stereocenters. The fourth-order valence-corrected chi connectivity index (χ4v) is 2.40. The van der Waals surface area contributed by atoms with E-state index in [0.717, 1.165) is 19.0 Å². The Morgan fingerprint density at radius 3 is 2.65 bits per heavy atom. The van der Waals surface area contributed by atoms with Gasteiger partial charge in [0.15, 0.2) is 0 Å². The van der Waals surface area contributed by atoms with Crippen LogP contribution in [0.5, 0.6) is 0 Å². The highest BCUT2D eigenvalue weighted by molar-refractivity contribution is 7.89. The molecular weight excluding hydrogens is 283 g/mol. The van der Waals surface area contributed by atoms with Gasteiger partial charge < -0.3 is 10.1 Å². The second-order valence-electron chi connectivity index (χ2n) is 4.61. The average molecular weight is 304 g/mol. The molecule has 0 aliphatic heterocycles. The summed E-state index contributed by atoms with van der Waals surface area (Å²) < 4.78 is 41.3. The normalized spacial score (nSPS) is 13.4. The smallest absolute Gasteiger partial charge is 0.238 e. The predicted molar refractivity (Wildman–Crippen MR) is 75.4 cm³/mol. The number of methoxy groups -OCH3 is 1. The zero-order chi connectivity index (χ0) is 15.2. The topological polar surface area (TPSA) is 81.4 Å². The molecule has 114 valence electrons. The van der Waals surface area contributed by atoms with Crippen LogP contribution in [0.4, 0.5) is 4.39 Å². The van der Waals surface area contributed by atoms with E-state index in [9.17, 15) is 12.8 Å². The highest BCUT2D eigenvalue weighted by Gasteiger charge is 2.15. The van der Waals surface area contributed by atoms with E-state index in [2.05, 4.69) is 5.32 Å². The van der Waals surface area contributed by atoms with Crippen LogP contribution in [0.2, 0.25) is 0 Å². The van der Waals surface area contributed by atoms with E-state index in [1.165, 1.54) is 12.1 Å². The highest BCUT2D eigenvalue weighted by atomic mass is 32.2. The lowest BCUT2D eigenvalue weighted by Gasteiger charge is -2.18. The number of sulfonamides is 1. The van der Waals surface area contributed by atoms with Gasteiger partial charge in [-0.1, -0.05) is 13.0 Å². The minimum Gasteiger partial charge on any atom is -0.383 e. The molecule has 0 aliphatic carbocycles. The largest absolute Gasteiger partial charge is 0.383 e. The maximum Gasteiger partial charge on any atom is 0.238 e. The number of benzene rings is 1. The molecule has 1 unspecified atom stereocenters. The molecule has 20 heavy (non-hydrogen) atoms. The van der Waals surface area contributed by atoms with Crippen LogP contribution in [0.1, 0.15) is 18.9 Å². The van der Waals surface area contributed by atoms with Gasteiger partial charge in [-0.3, -0.25) is 0 Å². The van der Waals surface area contributed by atoms with E-state index < -0.39 is 15.8 Å². The van der Waals surface area contributed by atoms with Crippen molar-refractivity contribution in [3.63, 3.8) is 0 Å². The third-order valence-corrected chi connectivity index (χ3v) is 3.78. The zero-order valence-corrected chi connectivity index (χ0v) is 12.5. The molecule has 0 aromatic heterocycles. The first kappa shape index (κ1) is 17.0. The van der Waals surface area contributed by atoms with Crippen molar-refractivity contribution in [2.45, 2.75) is 30.7 Å². The van der Waals surface area contributed by atoms with Crippen molar-refractivity contribution in [1.82, 2.24) is 5.32 Å². The second kappa shape index (κ2) is 7.68. The van der Waals surface area contributed by atoms with Crippen LogP contribution in [-0.2, 0) is 21.2 Å². The third kappa shape index (κ3) is 5.16. The summed E-state index contributed by atoms with van der Waals surface area (Å²) in [6.07, 6.45) is 1.39. The number of nitrogens with one attached hydrogen (secondary N) is 1. The molecule has 3 N–H and O–H groups in total. The molecule has 0 amide bonds. The Labute approximate surface area is 119 Å². The Hall–Kier alpha value is -1.02. The first-order valence-corrected chi connectivity index (χ1v) is 7.96. The third-order valence-electron chi connectivity index (χ3n) is 2.87. The van der Waals surface area contributed by atoms with Gasteiger partial charge >= 0.3 is 0 Å².